The fourth-order valence-corrected chi connectivity index (χ4v) is 6.28. The van der Waals surface area contributed by atoms with E-state index in [1.165, 1.54) is 11.3 Å². The van der Waals surface area contributed by atoms with Gasteiger partial charge >= 0.3 is 5.97 Å². The second-order valence-electron chi connectivity index (χ2n) is 9.87. The normalized spacial score (nSPS) is 14.8. The molecule has 3 aromatic carbocycles. The van der Waals surface area contributed by atoms with Crippen LogP contribution in [0.4, 0.5) is 0 Å². The monoisotopic (exact) mass is 610 g/mol. The molecular formula is C34H27ClN2O5S. The third-order valence-corrected chi connectivity index (χ3v) is 8.37. The van der Waals surface area contributed by atoms with Crippen molar-refractivity contribution >= 4 is 40.7 Å². The molecule has 1 aliphatic heterocycles. The third-order valence-electron chi connectivity index (χ3n) is 7.15. The van der Waals surface area contributed by atoms with Crippen molar-refractivity contribution in [1.29, 1.82) is 0 Å². The van der Waals surface area contributed by atoms with Gasteiger partial charge in [-0.05, 0) is 61.4 Å². The molecule has 3 heterocycles. The number of rotatable bonds is 7. The number of thiazole rings is 1. The van der Waals surface area contributed by atoms with Crippen molar-refractivity contribution in [1.82, 2.24) is 4.57 Å². The van der Waals surface area contributed by atoms with E-state index in [9.17, 15) is 9.59 Å². The van der Waals surface area contributed by atoms with E-state index in [1.807, 2.05) is 91.9 Å². The predicted octanol–water partition coefficient (Wildman–Crippen LogP) is 6.17. The first-order valence-corrected chi connectivity index (χ1v) is 14.9. The molecule has 1 aliphatic rings. The van der Waals surface area contributed by atoms with E-state index in [1.54, 1.807) is 24.7 Å². The molecule has 216 valence electrons. The zero-order chi connectivity index (χ0) is 30.1. The Morgan fingerprint density at radius 1 is 1.07 bits per heavy atom. The van der Waals surface area contributed by atoms with Gasteiger partial charge in [-0.3, -0.25) is 9.36 Å². The lowest BCUT2D eigenvalue weighted by atomic mass is 9.93. The summed E-state index contributed by atoms with van der Waals surface area (Å²) in [6, 6.07) is 25.2. The number of ether oxygens (including phenoxy) is 2. The molecule has 7 nitrogen and oxygen atoms in total. The lowest BCUT2D eigenvalue weighted by Crippen LogP contribution is -2.40. The van der Waals surface area contributed by atoms with Gasteiger partial charge in [-0.2, -0.15) is 0 Å². The topological polar surface area (TPSA) is 83.0 Å². The molecule has 1 atom stereocenters. The number of hydrogen-bond donors (Lipinski definition) is 0. The van der Waals surface area contributed by atoms with Crippen LogP contribution in [0.15, 0.2) is 105 Å². The number of carbonyl (C=O) groups excluding carboxylic acids is 1. The van der Waals surface area contributed by atoms with Gasteiger partial charge < -0.3 is 13.9 Å². The fraction of sp³-hybridized carbons (Fsp3) is 0.147. The molecule has 0 saturated carbocycles. The number of esters is 1. The van der Waals surface area contributed by atoms with Crippen LogP contribution >= 0.6 is 22.9 Å². The summed E-state index contributed by atoms with van der Waals surface area (Å²) in [5.74, 6) is 1.20. The summed E-state index contributed by atoms with van der Waals surface area (Å²) in [4.78, 5) is 33.1. The molecule has 0 fully saturated rings. The first kappa shape index (κ1) is 28.5. The van der Waals surface area contributed by atoms with Crippen LogP contribution in [0.1, 0.15) is 35.4 Å². The SMILES string of the molecule is CCOC(=O)C1=C(c2ccccc2)N=c2s/c(=C\c3ccc(-c4cc(Cl)ccc4C)o3)c(=O)n2C1c1cccc(OC)c1. The number of carbonyl (C=O) groups is 1. The summed E-state index contributed by atoms with van der Waals surface area (Å²) >= 11 is 7.46. The standard InChI is InChI=1S/C34H27ClN2O5S/c1-4-41-33(39)29-30(21-9-6-5-7-10-21)36-34-37(31(29)22-11-8-12-24(17-22)40-3)32(38)28(43-34)19-25-15-16-27(42-25)26-18-23(35)14-13-20(26)2/h5-19,31H,4H2,1-3H3/b28-19-. The quantitative estimate of drug-likeness (QED) is 0.206. The highest BCUT2D eigenvalue weighted by molar-refractivity contribution is 7.07. The van der Waals surface area contributed by atoms with Crippen LogP contribution in [0, 0.1) is 6.92 Å². The van der Waals surface area contributed by atoms with Crippen molar-refractivity contribution in [3.8, 4) is 17.1 Å². The van der Waals surface area contributed by atoms with E-state index >= 15 is 0 Å². The summed E-state index contributed by atoms with van der Waals surface area (Å²) in [6.07, 6.45) is 1.70. The fourth-order valence-electron chi connectivity index (χ4n) is 5.13. The van der Waals surface area contributed by atoms with Gasteiger partial charge in [0.25, 0.3) is 5.56 Å². The van der Waals surface area contributed by atoms with E-state index in [2.05, 4.69) is 0 Å². The second kappa shape index (κ2) is 11.9. The smallest absolute Gasteiger partial charge is 0.338 e. The summed E-state index contributed by atoms with van der Waals surface area (Å²) in [5, 5.41) is 0.607. The molecule has 0 N–H and O–H groups in total. The molecule has 0 saturated heterocycles. The number of methoxy groups -OCH3 is 1. The van der Waals surface area contributed by atoms with Crippen LogP contribution < -0.4 is 19.6 Å². The van der Waals surface area contributed by atoms with Gasteiger partial charge in [-0.15, -0.1) is 0 Å². The van der Waals surface area contributed by atoms with Crippen LogP contribution in [-0.2, 0) is 9.53 Å². The van der Waals surface area contributed by atoms with E-state index in [-0.39, 0.29) is 17.7 Å². The summed E-state index contributed by atoms with van der Waals surface area (Å²) in [6.45, 7) is 3.90. The van der Waals surface area contributed by atoms with Crippen LogP contribution in [0.3, 0.4) is 0 Å². The Balaban J connectivity index is 1.57. The van der Waals surface area contributed by atoms with Crippen molar-refractivity contribution in [2.75, 3.05) is 13.7 Å². The maximum absolute atomic E-state index is 14.1. The summed E-state index contributed by atoms with van der Waals surface area (Å²) < 4.78 is 19.1. The minimum absolute atomic E-state index is 0.173. The molecule has 6 rings (SSSR count). The minimum Gasteiger partial charge on any atom is -0.497 e. The number of aromatic nitrogens is 1. The maximum Gasteiger partial charge on any atom is 0.338 e. The Labute approximate surface area is 256 Å². The average Bonchev–Trinajstić information content (AvgIpc) is 3.62. The van der Waals surface area contributed by atoms with Gasteiger partial charge in [-0.25, -0.2) is 9.79 Å². The Kier molecular flexibility index (Phi) is 7.88. The highest BCUT2D eigenvalue weighted by Crippen LogP contribution is 2.36. The number of aryl methyl sites for hydroxylation is 1. The van der Waals surface area contributed by atoms with Crippen LogP contribution in [0.5, 0.6) is 5.75 Å². The number of nitrogens with zero attached hydrogens (tertiary/aromatic N) is 2. The van der Waals surface area contributed by atoms with Gasteiger partial charge in [0, 0.05) is 22.2 Å². The van der Waals surface area contributed by atoms with Crippen LogP contribution in [0.2, 0.25) is 5.02 Å². The number of fused-ring (bicyclic) bond motifs is 1. The average molecular weight is 611 g/mol. The summed E-state index contributed by atoms with van der Waals surface area (Å²) in [5.41, 5.74) is 3.75. The molecule has 0 bridgehead atoms. The Morgan fingerprint density at radius 3 is 2.65 bits per heavy atom. The Bertz CT molecular complexity index is 2060. The zero-order valence-corrected chi connectivity index (χ0v) is 25.2. The van der Waals surface area contributed by atoms with Crippen LogP contribution in [0.25, 0.3) is 23.1 Å². The number of benzene rings is 3. The van der Waals surface area contributed by atoms with Gasteiger partial charge in [0.1, 0.15) is 17.3 Å². The first-order valence-electron chi connectivity index (χ1n) is 13.7. The van der Waals surface area contributed by atoms with Crippen molar-refractivity contribution < 1.29 is 18.7 Å². The van der Waals surface area contributed by atoms with E-state index in [0.29, 0.717) is 42.9 Å². The first-order chi connectivity index (χ1) is 20.9. The molecule has 43 heavy (non-hydrogen) atoms. The molecule has 0 radical (unpaired) electrons. The molecular weight excluding hydrogens is 584 g/mol. The van der Waals surface area contributed by atoms with Crippen molar-refractivity contribution in [2.45, 2.75) is 19.9 Å². The summed E-state index contributed by atoms with van der Waals surface area (Å²) in [7, 11) is 1.57. The van der Waals surface area contributed by atoms with E-state index in [4.69, 9.17) is 30.5 Å². The van der Waals surface area contributed by atoms with Crippen molar-refractivity contribution in [3.05, 3.63) is 138 Å². The van der Waals surface area contributed by atoms with Crippen LogP contribution in [-0.4, -0.2) is 24.3 Å². The third kappa shape index (κ3) is 5.47. The number of furan rings is 1. The van der Waals surface area contributed by atoms with Crippen molar-refractivity contribution in [3.63, 3.8) is 0 Å². The molecule has 0 spiro atoms. The van der Waals surface area contributed by atoms with E-state index < -0.39 is 12.0 Å². The lowest BCUT2D eigenvalue weighted by molar-refractivity contribution is -0.138. The number of hydrogen-bond acceptors (Lipinski definition) is 7. The van der Waals surface area contributed by atoms with Gasteiger partial charge in [0.15, 0.2) is 4.80 Å². The zero-order valence-electron chi connectivity index (χ0n) is 23.7. The van der Waals surface area contributed by atoms with E-state index in [0.717, 1.165) is 16.7 Å². The maximum atomic E-state index is 14.1. The molecule has 2 aromatic heterocycles. The van der Waals surface area contributed by atoms with Gasteiger partial charge in [0.2, 0.25) is 0 Å². The molecule has 0 aliphatic carbocycles. The largest absolute Gasteiger partial charge is 0.497 e. The highest BCUT2D eigenvalue weighted by Gasteiger charge is 2.35. The lowest BCUT2D eigenvalue weighted by Gasteiger charge is -2.26. The van der Waals surface area contributed by atoms with Gasteiger partial charge in [0.05, 0.1) is 35.6 Å². The Morgan fingerprint density at radius 2 is 1.88 bits per heavy atom. The second-order valence-corrected chi connectivity index (χ2v) is 11.3. The molecule has 0 amide bonds. The van der Waals surface area contributed by atoms with Gasteiger partial charge in [-0.1, -0.05) is 71.5 Å². The molecule has 1 unspecified atom stereocenters. The highest BCUT2D eigenvalue weighted by atomic mass is 35.5. The molecule has 9 heteroatoms. The number of halogens is 1. The predicted molar refractivity (Wildman–Crippen MR) is 168 cm³/mol. The minimum atomic E-state index is -0.802. The van der Waals surface area contributed by atoms with Crippen molar-refractivity contribution in [2.24, 2.45) is 4.99 Å². The Hall–Kier alpha value is -4.66. The molecule has 5 aromatic rings.